The Morgan fingerprint density at radius 3 is 2.50 bits per heavy atom. The second kappa shape index (κ2) is 7.79. The lowest BCUT2D eigenvalue weighted by molar-refractivity contribution is 1.03. The predicted octanol–water partition coefficient (Wildman–Crippen LogP) is 4.66. The Bertz CT molecular complexity index is 802. The number of nitrogens with zero attached hydrogens (tertiary/aromatic N) is 2. The third-order valence-corrected chi connectivity index (χ3v) is 3.99. The molecule has 24 heavy (non-hydrogen) atoms. The minimum Gasteiger partial charge on any atom is -0.366 e. The van der Waals surface area contributed by atoms with Gasteiger partial charge >= 0.3 is 0 Å². The average Bonchev–Trinajstić information content (AvgIpc) is 2.61. The molecule has 0 atom stereocenters. The van der Waals surface area contributed by atoms with E-state index in [1.807, 2.05) is 42.5 Å². The van der Waals surface area contributed by atoms with Crippen LogP contribution in [0.1, 0.15) is 16.7 Å². The number of hydrogen-bond donors (Lipinski definition) is 2. The number of halogens is 1. The highest BCUT2D eigenvalue weighted by molar-refractivity contribution is 6.30. The van der Waals surface area contributed by atoms with Crippen molar-refractivity contribution < 1.29 is 0 Å². The first-order valence-corrected chi connectivity index (χ1v) is 8.18. The van der Waals surface area contributed by atoms with Crippen molar-refractivity contribution in [1.82, 2.24) is 9.97 Å². The molecule has 0 bridgehead atoms. The van der Waals surface area contributed by atoms with Gasteiger partial charge in [0.2, 0.25) is 5.95 Å². The van der Waals surface area contributed by atoms with E-state index in [9.17, 15) is 0 Å². The van der Waals surface area contributed by atoms with E-state index in [0.717, 1.165) is 22.9 Å². The van der Waals surface area contributed by atoms with Gasteiger partial charge in [0.1, 0.15) is 5.82 Å². The van der Waals surface area contributed by atoms with Gasteiger partial charge in [-0.25, -0.2) is 4.98 Å². The zero-order valence-electron chi connectivity index (χ0n) is 13.5. The molecule has 0 aliphatic carbocycles. The standard InChI is InChI=1S/C19H19ClN4/c1-14-4-2-3-5-16(14)13-22-18-10-11-21-19(24-18)23-12-15-6-8-17(20)9-7-15/h2-11H,12-13H2,1H3,(H2,21,22,23,24). The molecule has 3 rings (SSSR count). The van der Waals surface area contributed by atoms with Crippen LogP contribution in [0.4, 0.5) is 11.8 Å². The minimum absolute atomic E-state index is 0.597. The first kappa shape index (κ1) is 16.3. The van der Waals surface area contributed by atoms with Crippen LogP contribution in [0.25, 0.3) is 0 Å². The van der Waals surface area contributed by atoms with E-state index in [-0.39, 0.29) is 0 Å². The summed E-state index contributed by atoms with van der Waals surface area (Å²) in [6.07, 6.45) is 1.75. The van der Waals surface area contributed by atoms with Gasteiger partial charge in [-0.2, -0.15) is 4.98 Å². The molecule has 0 aliphatic rings. The van der Waals surface area contributed by atoms with Gasteiger partial charge in [0.25, 0.3) is 0 Å². The SMILES string of the molecule is Cc1ccccc1CNc1ccnc(NCc2ccc(Cl)cc2)n1. The van der Waals surface area contributed by atoms with Crippen LogP contribution in [0.3, 0.4) is 0 Å². The lowest BCUT2D eigenvalue weighted by Crippen LogP contribution is -2.07. The Morgan fingerprint density at radius 2 is 1.71 bits per heavy atom. The minimum atomic E-state index is 0.597. The molecule has 1 heterocycles. The van der Waals surface area contributed by atoms with E-state index < -0.39 is 0 Å². The topological polar surface area (TPSA) is 49.8 Å². The molecule has 0 radical (unpaired) electrons. The van der Waals surface area contributed by atoms with Gasteiger partial charge in [-0.05, 0) is 41.8 Å². The fraction of sp³-hybridized carbons (Fsp3) is 0.158. The maximum Gasteiger partial charge on any atom is 0.224 e. The van der Waals surface area contributed by atoms with Crippen molar-refractivity contribution in [1.29, 1.82) is 0 Å². The van der Waals surface area contributed by atoms with Crippen LogP contribution < -0.4 is 10.6 Å². The zero-order chi connectivity index (χ0) is 16.8. The summed E-state index contributed by atoms with van der Waals surface area (Å²) >= 11 is 5.89. The Morgan fingerprint density at radius 1 is 0.917 bits per heavy atom. The zero-order valence-corrected chi connectivity index (χ0v) is 14.2. The van der Waals surface area contributed by atoms with Gasteiger partial charge < -0.3 is 10.6 Å². The van der Waals surface area contributed by atoms with Crippen LogP contribution in [0, 0.1) is 6.92 Å². The van der Waals surface area contributed by atoms with Crippen molar-refractivity contribution in [3.63, 3.8) is 0 Å². The van der Waals surface area contributed by atoms with Crippen LogP contribution in [0.2, 0.25) is 5.02 Å². The lowest BCUT2D eigenvalue weighted by Gasteiger charge is -2.10. The van der Waals surface area contributed by atoms with Gasteiger partial charge in [0.15, 0.2) is 0 Å². The molecule has 2 aromatic carbocycles. The second-order valence-corrected chi connectivity index (χ2v) is 5.96. The number of anilines is 2. The lowest BCUT2D eigenvalue weighted by atomic mass is 10.1. The van der Waals surface area contributed by atoms with Crippen molar-refractivity contribution in [2.24, 2.45) is 0 Å². The second-order valence-electron chi connectivity index (χ2n) is 5.53. The molecule has 4 nitrogen and oxygen atoms in total. The summed E-state index contributed by atoms with van der Waals surface area (Å²) in [7, 11) is 0. The number of nitrogens with one attached hydrogen (secondary N) is 2. The van der Waals surface area contributed by atoms with Crippen molar-refractivity contribution in [3.05, 3.63) is 82.5 Å². The fourth-order valence-electron chi connectivity index (χ4n) is 2.32. The molecule has 0 aliphatic heterocycles. The fourth-order valence-corrected chi connectivity index (χ4v) is 2.45. The summed E-state index contributed by atoms with van der Waals surface area (Å²) in [5, 5.41) is 7.30. The number of benzene rings is 2. The molecule has 3 aromatic rings. The van der Waals surface area contributed by atoms with Crippen LogP contribution >= 0.6 is 11.6 Å². The first-order chi connectivity index (χ1) is 11.7. The molecule has 0 amide bonds. The normalized spacial score (nSPS) is 10.4. The third kappa shape index (κ3) is 4.46. The smallest absolute Gasteiger partial charge is 0.224 e. The van der Waals surface area contributed by atoms with Crippen LogP contribution in [0.5, 0.6) is 0 Å². The van der Waals surface area contributed by atoms with E-state index in [0.29, 0.717) is 12.5 Å². The van der Waals surface area contributed by atoms with Crippen LogP contribution in [0.15, 0.2) is 60.8 Å². The van der Waals surface area contributed by atoms with Gasteiger partial charge in [-0.3, -0.25) is 0 Å². The predicted molar refractivity (Wildman–Crippen MR) is 99.3 cm³/mol. The molecule has 0 saturated carbocycles. The number of aromatic nitrogens is 2. The largest absolute Gasteiger partial charge is 0.366 e. The Labute approximate surface area is 146 Å². The third-order valence-electron chi connectivity index (χ3n) is 3.74. The molecule has 0 fully saturated rings. The van der Waals surface area contributed by atoms with E-state index in [4.69, 9.17) is 11.6 Å². The molecule has 0 unspecified atom stereocenters. The van der Waals surface area contributed by atoms with Gasteiger partial charge in [0.05, 0.1) is 0 Å². The molecule has 2 N–H and O–H groups in total. The molecule has 1 aromatic heterocycles. The van der Waals surface area contributed by atoms with Crippen LogP contribution in [-0.4, -0.2) is 9.97 Å². The van der Waals surface area contributed by atoms with Gasteiger partial charge in [0, 0.05) is 24.3 Å². The summed E-state index contributed by atoms with van der Waals surface area (Å²) < 4.78 is 0. The highest BCUT2D eigenvalue weighted by Gasteiger charge is 2.01. The molecule has 0 saturated heterocycles. The van der Waals surface area contributed by atoms with Crippen molar-refractivity contribution in [2.45, 2.75) is 20.0 Å². The maximum atomic E-state index is 5.89. The van der Waals surface area contributed by atoms with Crippen molar-refractivity contribution in [3.8, 4) is 0 Å². The maximum absolute atomic E-state index is 5.89. The summed E-state index contributed by atoms with van der Waals surface area (Å²) in [5.41, 5.74) is 3.65. The Kier molecular flexibility index (Phi) is 5.29. The Hall–Kier alpha value is -2.59. The monoisotopic (exact) mass is 338 g/mol. The molecular weight excluding hydrogens is 320 g/mol. The summed E-state index contributed by atoms with van der Waals surface area (Å²) in [5.74, 6) is 1.39. The molecule has 5 heteroatoms. The van der Waals surface area contributed by atoms with E-state index in [1.165, 1.54) is 11.1 Å². The number of rotatable bonds is 6. The van der Waals surface area contributed by atoms with E-state index >= 15 is 0 Å². The molecular formula is C19H19ClN4. The van der Waals surface area contributed by atoms with Crippen molar-refractivity contribution >= 4 is 23.4 Å². The highest BCUT2D eigenvalue weighted by Crippen LogP contribution is 2.13. The summed E-state index contributed by atoms with van der Waals surface area (Å²) in [4.78, 5) is 8.75. The van der Waals surface area contributed by atoms with E-state index in [2.05, 4.69) is 39.7 Å². The number of hydrogen-bond acceptors (Lipinski definition) is 4. The van der Waals surface area contributed by atoms with Crippen LogP contribution in [-0.2, 0) is 13.1 Å². The average molecular weight is 339 g/mol. The summed E-state index contributed by atoms with van der Waals surface area (Å²) in [6, 6.07) is 17.9. The molecule has 0 spiro atoms. The Balaban J connectivity index is 1.59. The van der Waals surface area contributed by atoms with E-state index in [1.54, 1.807) is 6.20 Å². The van der Waals surface area contributed by atoms with Gasteiger partial charge in [-0.1, -0.05) is 48.0 Å². The number of aryl methyl sites for hydroxylation is 1. The first-order valence-electron chi connectivity index (χ1n) is 7.80. The summed E-state index contributed by atoms with van der Waals surface area (Å²) in [6.45, 7) is 3.49. The molecule has 122 valence electrons. The van der Waals surface area contributed by atoms with Gasteiger partial charge in [-0.15, -0.1) is 0 Å². The quantitative estimate of drug-likeness (QED) is 0.686. The van der Waals surface area contributed by atoms with Crippen molar-refractivity contribution in [2.75, 3.05) is 10.6 Å². The highest BCUT2D eigenvalue weighted by atomic mass is 35.5.